The molecule has 1 aliphatic heterocycles. The Morgan fingerprint density at radius 1 is 1.16 bits per heavy atom. The van der Waals surface area contributed by atoms with Gasteiger partial charge >= 0.3 is 5.91 Å². The number of aromatic hydroxyl groups is 1. The fourth-order valence-electron chi connectivity index (χ4n) is 4.89. The summed E-state index contributed by atoms with van der Waals surface area (Å²) in [5, 5.41) is 31.5. The quantitative estimate of drug-likeness (QED) is 0.0640. The predicted octanol–water partition coefficient (Wildman–Crippen LogP) is 6.54. The number of hydrogen-bond donors (Lipinski definition) is 2. The molecule has 0 aliphatic carbocycles. The van der Waals surface area contributed by atoms with Crippen LogP contribution in [0.25, 0.3) is 11.4 Å². The van der Waals surface area contributed by atoms with Crippen LogP contribution in [0.2, 0.25) is 5.02 Å². The zero-order chi connectivity index (χ0) is 30.4. The molecule has 3 aromatic heterocycles. The Morgan fingerprint density at radius 3 is 2.70 bits per heavy atom. The predicted molar refractivity (Wildman–Crippen MR) is 168 cm³/mol. The molecule has 10 nitrogen and oxygen atoms in total. The fourth-order valence-corrected chi connectivity index (χ4v) is 7.50. The Labute approximate surface area is 266 Å². The van der Waals surface area contributed by atoms with E-state index in [1.165, 1.54) is 29.8 Å². The molecule has 5 aromatic rings. The zero-order valence-corrected chi connectivity index (χ0v) is 26.5. The number of aliphatic hydroxyl groups excluding tert-OH is 1. The molecule has 1 atom stereocenters. The standard InChI is InChI=1S/C29H21BrClN5O5S2/c1-14-22(35-10-6-5-9-20(35)32-14)25(38)21-23(16-11-17(30)24(37)19(12-16)41-2)36(27(40)26(21)39)28-33-34-29(43-28)42-13-15-7-3-4-8-18(15)31/h3-12,23,37-38H,13H2,1-2H3/b25-21+. The number of Topliss-reactive ketones (excluding diaryl/α,β-unsaturated/α-hetero) is 1. The van der Waals surface area contributed by atoms with Gasteiger partial charge in [0, 0.05) is 17.0 Å². The molecule has 0 spiro atoms. The number of aryl methyl sites for hydroxylation is 1. The minimum Gasteiger partial charge on any atom is -0.505 e. The van der Waals surface area contributed by atoms with Gasteiger partial charge in [-0.1, -0.05) is 59.0 Å². The molecule has 1 fully saturated rings. The summed E-state index contributed by atoms with van der Waals surface area (Å²) in [5.41, 5.74) is 2.43. The molecule has 4 heterocycles. The number of hydrogen-bond acceptors (Lipinski definition) is 10. The van der Waals surface area contributed by atoms with E-state index in [0.717, 1.165) is 16.9 Å². The van der Waals surface area contributed by atoms with E-state index in [4.69, 9.17) is 16.3 Å². The molecule has 43 heavy (non-hydrogen) atoms. The third-order valence-electron chi connectivity index (χ3n) is 6.87. The number of anilines is 1. The number of fused-ring (bicyclic) bond motifs is 1. The van der Waals surface area contributed by atoms with Crippen molar-refractivity contribution in [3.8, 4) is 11.5 Å². The van der Waals surface area contributed by atoms with Crippen molar-refractivity contribution >= 4 is 78.9 Å². The third kappa shape index (κ3) is 5.16. The highest BCUT2D eigenvalue weighted by Crippen LogP contribution is 2.47. The van der Waals surface area contributed by atoms with Gasteiger partial charge in [-0.15, -0.1) is 10.2 Å². The highest BCUT2D eigenvalue weighted by molar-refractivity contribution is 9.10. The number of methoxy groups -OCH3 is 1. The van der Waals surface area contributed by atoms with Crippen molar-refractivity contribution < 1.29 is 24.5 Å². The van der Waals surface area contributed by atoms with Gasteiger partial charge in [0.05, 0.1) is 28.9 Å². The van der Waals surface area contributed by atoms with Crippen LogP contribution in [0.3, 0.4) is 0 Å². The molecule has 1 unspecified atom stereocenters. The van der Waals surface area contributed by atoms with Gasteiger partial charge in [0.2, 0.25) is 5.13 Å². The van der Waals surface area contributed by atoms with E-state index in [1.807, 2.05) is 24.3 Å². The summed E-state index contributed by atoms with van der Waals surface area (Å²) in [4.78, 5) is 33.1. The van der Waals surface area contributed by atoms with Gasteiger partial charge in [-0.2, -0.15) is 0 Å². The van der Waals surface area contributed by atoms with Gasteiger partial charge in [0.15, 0.2) is 21.6 Å². The second-order valence-electron chi connectivity index (χ2n) is 9.43. The van der Waals surface area contributed by atoms with E-state index in [0.29, 0.717) is 32.0 Å². The van der Waals surface area contributed by atoms with Crippen LogP contribution >= 0.6 is 50.6 Å². The number of rotatable bonds is 7. The number of nitrogens with zero attached hydrogens (tertiary/aromatic N) is 5. The molecular formula is C29H21BrClN5O5S2. The van der Waals surface area contributed by atoms with Gasteiger partial charge < -0.3 is 14.9 Å². The fraction of sp³-hybridized carbons (Fsp3) is 0.138. The minimum atomic E-state index is -1.13. The van der Waals surface area contributed by atoms with Crippen molar-refractivity contribution in [1.29, 1.82) is 0 Å². The lowest BCUT2D eigenvalue weighted by Gasteiger charge is -2.23. The van der Waals surface area contributed by atoms with Crippen molar-refractivity contribution in [2.24, 2.45) is 0 Å². The van der Waals surface area contributed by atoms with E-state index >= 15 is 0 Å². The number of halogens is 2. The molecule has 14 heteroatoms. The maximum atomic E-state index is 13.7. The van der Waals surface area contributed by atoms with Crippen LogP contribution in [0.5, 0.6) is 11.5 Å². The van der Waals surface area contributed by atoms with Crippen molar-refractivity contribution in [2.75, 3.05) is 12.0 Å². The maximum absolute atomic E-state index is 13.7. The lowest BCUT2D eigenvalue weighted by Crippen LogP contribution is -2.29. The van der Waals surface area contributed by atoms with Gasteiger partial charge in [-0.25, -0.2) is 4.98 Å². The lowest BCUT2D eigenvalue weighted by atomic mass is 9.96. The Balaban J connectivity index is 1.49. The Morgan fingerprint density at radius 2 is 1.93 bits per heavy atom. The monoisotopic (exact) mass is 697 g/mol. The third-order valence-corrected chi connectivity index (χ3v) is 9.95. The first-order valence-corrected chi connectivity index (χ1v) is 15.7. The second kappa shape index (κ2) is 11.6. The number of ketones is 1. The van der Waals surface area contributed by atoms with E-state index in [-0.39, 0.29) is 32.4 Å². The number of pyridine rings is 1. The summed E-state index contributed by atoms with van der Waals surface area (Å²) in [7, 11) is 1.39. The number of aromatic nitrogens is 4. The van der Waals surface area contributed by atoms with Gasteiger partial charge in [-0.05, 0) is 64.3 Å². The van der Waals surface area contributed by atoms with E-state index in [1.54, 1.807) is 41.8 Å². The van der Waals surface area contributed by atoms with Gasteiger partial charge in [0.25, 0.3) is 5.78 Å². The summed E-state index contributed by atoms with van der Waals surface area (Å²) < 4.78 is 7.83. The van der Waals surface area contributed by atoms with Crippen LogP contribution in [-0.4, -0.2) is 48.6 Å². The molecule has 1 amide bonds. The number of carbonyl (C=O) groups is 2. The number of benzene rings is 2. The number of ether oxygens (including phenoxy) is 1. The van der Waals surface area contributed by atoms with Crippen molar-refractivity contribution in [2.45, 2.75) is 23.1 Å². The van der Waals surface area contributed by atoms with Gasteiger partial charge in [-0.3, -0.25) is 18.9 Å². The number of phenols is 1. The Bertz CT molecular complexity index is 1960. The molecule has 0 radical (unpaired) electrons. The summed E-state index contributed by atoms with van der Waals surface area (Å²) >= 11 is 12.2. The lowest BCUT2D eigenvalue weighted by molar-refractivity contribution is -0.132. The average molecular weight is 699 g/mol. The largest absolute Gasteiger partial charge is 0.505 e. The first-order valence-electron chi connectivity index (χ1n) is 12.7. The van der Waals surface area contributed by atoms with Crippen LogP contribution < -0.4 is 9.64 Å². The number of phenolic OH excluding ortho intramolecular Hbond substituents is 1. The molecule has 0 bridgehead atoms. The highest BCUT2D eigenvalue weighted by atomic mass is 79.9. The average Bonchev–Trinajstić information content (AvgIpc) is 3.67. The highest BCUT2D eigenvalue weighted by Gasteiger charge is 2.49. The molecule has 2 aromatic carbocycles. The maximum Gasteiger partial charge on any atom is 0.301 e. The zero-order valence-electron chi connectivity index (χ0n) is 22.5. The summed E-state index contributed by atoms with van der Waals surface area (Å²) in [6.45, 7) is 1.71. The molecule has 1 aliphatic rings. The molecule has 1 saturated heterocycles. The Hall–Kier alpha value is -3.91. The minimum absolute atomic E-state index is 0.106. The van der Waals surface area contributed by atoms with E-state index in [2.05, 4.69) is 31.1 Å². The smallest absolute Gasteiger partial charge is 0.301 e. The van der Waals surface area contributed by atoms with Crippen LogP contribution in [0.4, 0.5) is 5.13 Å². The van der Waals surface area contributed by atoms with Crippen molar-refractivity contribution in [3.63, 3.8) is 0 Å². The van der Waals surface area contributed by atoms with E-state index in [9.17, 15) is 19.8 Å². The number of imidazole rings is 1. The van der Waals surface area contributed by atoms with Crippen molar-refractivity contribution in [1.82, 2.24) is 19.6 Å². The summed E-state index contributed by atoms with van der Waals surface area (Å²) in [6, 6.07) is 14.7. The number of thioether (sulfide) groups is 1. The molecule has 0 saturated carbocycles. The van der Waals surface area contributed by atoms with Crippen molar-refractivity contribution in [3.05, 3.63) is 98.4 Å². The molecule has 6 rings (SSSR count). The number of aliphatic hydroxyl groups is 1. The van der Waals surface area contributed by atoms with Gasteiger partial charge in [0.1, 0.15) is 11.3 Å². The SMILES string of the molecule is COc1cc(C2/C(=C(\O)c3c(C)nc4ccccn34)C(=O)C(=O)N2c2nnc(SCc3ccccc3Cl)s2)cc(Br)c1O. The molecular weight excluding hydrogens is 678 g/mol. The summed E-state index contributed by atoms with van der Waals surface area (Å²) in [5.74, 6) is -1.73. The first-order chi connectivity index (χ1) is 20.7. The number of carbonyl (C=O) groups excluding carboxylic acids is 2. The normalized spacial score (nSPS) is 16.4. The first kappa shape index (κ1) is 29.2. The second-order valence-corrected chi connectivity index (χ2v) is 12.9. The van der Waals surface area contributed by atoms with Crippen LogP contribution in [0.15, 0.2) is 75.2 Å². The molecule has 218 valence electrons. The summed E-state index contributed by atoms with van der Waals surface area (Å²) in [6.07, 6.45) is 1.71. The number of amides is 1. The molecule has 2 N–H and O–H groups in total. The topological polar surface area (TPSA) is 130 Å². The van der Waals surface area contributed by atoms with E-state index < -0.39 is 23.5 Å². The van der Waals surface area contributed by atoms with Crippen LogP contribution in [0, 0.1) is 6.92 Å². The van der Waals surface area contributed by atoms with Crippen LogP contribution in [0.1, 0.15) is 28.6 Å². The Kier molecular flexibility index (Phi) is 7.90. The van der Waals surface area contributed by atoms with Crippen LogP contribution in [-0.2, 0) is 15.3 Å².